The highest BCUT2D eigenvalue weighted by molar-refractivity contribution is 7.20. The van der Waals surface area contributed by atoms with E-state index in [-0.39, 0.29) is 10.7 Å². The van der Waals surface area contributed by atoms with Gasteiger partial charge in [-0.3, -0.25) is 0 Å². The Labute approximate surface area is 123 Å². The van der Waals surface area contributed by atoms with Gasteiger partial charge in [0, 0.05) is 0 Å². The summed E-state index contributed by atoms with van der Waals surface area (Å²) in [5.74, 6) is -1.07. The molecule has 0 saturated carbocycles. The second-order valence-corrected chi connectivity index (χ2v) is 5.51. The SMILES string of the molecule is CCc1nn(-c2nc3ccccc3s2)c(Cl)c1C(=O)O. The van der Waals surface area contributed by atoms with Crippen molar-refractivity contribution in [1.82, 2.24) is 14.8 Å². The van der Waals surface area contributed by atoms with Gasteiger partial charge in [0.25, 0.3) is 0 Å². The highest BCUT2D eigenvalue weighted by Crippen LogP contribution is 2.29. The number of fused-ring (bicyclic) bond motifs is 1. The Hall–Kier alpha value is -1.92. The van der Waals surface area contributed by atoms with Crippen LogP contribution in [0.3, 0.4) is 0 Å². The number of halogens is 1. The molecule has 0 radical (unpaired) electrons. The molecule has 1 aromatic carbocycles. The van der Waals surface area contributed by atoms with Crippen molar-refractivity contribution in [3.63, 3.8) is 0 Å². The number of carboxylic acids is 1. The minimum absolute atomic E-state index is 0.0495. The molecule has 102 valence electrons. The third-order valence-electron chi connectivity index (χ3n) is 2.91. The minimum Gasteiger partial charge on any atom is -0.478 e. The van der Waals surface area contributed by atoms with Crippen LogP contribution in [0.1, 0.15) is 23.0 Å². The fourth-order valence-corrected chi connectivity index (χ4v) is 3.26. The van der Waals surface area contributed by atoms with Gasteiger partial charge in [0.15, 0.2) is 0 Å². The van der Waals surface area contributed by atoms with Gasteiger partial charge >= 0.3 is 5.97 Å². The van der Waals surface area contributed by atoms with E-state index in [9.17, 15) is 9.90 Å². The maximum absolute atomic E-state index is 11.3. The summed E-state index contributed by atoms with van der Waals surface area (Å²) in [6.07, 6.45) is 0.499. The van der Waals surface area contributed by atoms with Crippen LogP contribution in [0.15, 0.2) is 24.3 Å². The van der Waals surface area contributed by atoms with Crippen LogP contribution in [-0.2, 0) is 6.42 Å². The largest absolute Gasteiger partial charge is 0.478 e. The van der Waals surface area contributed by atoms with Gasteiger partial charge in [-0.2, -0.15) is 9.78 Å². The topological polar surface area (TPSA) is 68.0 Å². The Balaban J connectivity index is 2.21. The molecule has 0 amide bonds. The molecule has 0 spiro atoms. The van der Waals surface area contributed by atoms with Gasteiger partial charge in [0.2, 0.25) is 5.13 Å². The molecule has 0 saturated heterocycles. The first kappa shape index (κ1) is 13.1. The molecule has 0 atom stereocenters. The summed E-state index contributed by atoms with van der Waals surface area (Å²) in [6, 6.07) is 7.67. The van der Waals surface area contributed by atoms with Crippen LogP contribution >= 0.6 is 22.9 Å². The number of hydrogen-bond acceptors (Lipinski definition) is 4. The van der Waals surface area contributed by atoms with Crippen LogP contribution in [-0.4, -0.2) is 25.8 Å². The first-order valence-electron chi connectivity index (χ1n) is 5.98. The number of para-hydroxylation sites is 1. The average Bonchev–Trinajstić information content (AvgIpc) is 2.98. The number of nitrogens with zero attached hydrogens (tertiary/aromatic N) is 3. The summed E-state index contributed by atoms with van der Waals surface area (Å²) in [4.78, 5) is 15.7. The lowest BCUT2D eigenvalue weighted by Gasteiger charge is -1.96. The molecule has 0 aliphatic heterocycles. The minimum atomic E-state index is -1.07. The lowest BCUT2D eigenvalue weighted by molar-refractivity contribution is 0.0696. The molecule has 0 bridgehead atoms. The van der Waals surface area contributed by atoms with E-state index < -0.39 is 5.97 Å². The molecule has 20 heavy (non-hydrogen) atoms. The number of aromatic nitrogens is 3. The maximum atomic E-state index is 11.3. The summed E-state index contributed by atoms with van der Waals surface area (Å²) >= 11 is 7.57. The van der Waals surface area contributed by atoms with E-state index in [4.69, 9.17) is 11.6 Å². The van der Waals surface area contributed by atoms with E-state index in [1.165, 1.54) is 16.0 Å². The molecule has 0 fully saturated rings. The van der Waals surface area contributed by atoms with Crippen molar-refractivity contribution < 1.29 is 9.90 Å². The number of aryl methyl sites for hydroxylation is 1. The van der Waals surface area contributed by atoms with Gasteiger partial charge in [-0.05, 0) is 18.6 Å². The zero-order valence-electron chi connectivity index (χ0n) is 10.5. The van der Waals surface area contributed by atoms with E-state index in [0.717, 1.165) is 10.2 Å². The van der Waals surface area contributed by atoms with Crippen LogP contribution < -0.4 is 0 Å². The standard InChI is InChI=1S/C13H10ClN3O2S/c1-2-7-10(12(18)19)11(14)17(16-7)13-15-8-5-3-4-6-9(8)20-13/h3-6H,2H2,1H3,(H,18,19). The van der Waals surface area contributed by atoms with E-state index in [1.807, 2.05) is 31.2 Å². The lowest BCUT2D eigenvalue weighted by atomic mass is 10.2. The number of benzene rings is 1. The van der Waals surface area contributed by atoms with Crippen molar-refractivity contribution in [2.24, 2.45) is 0 Å². The Morgan fingerprint density at radius 2 is 2.20 bits per heavy atom. The first-order valence-corrected chi connectivity index (χ1v) is 7.18. The molecule has 2 heterocycles. The molecular formula is C13H10ClN3O2S. The molecule has 0 aliphatic carbocycles. The fourth-order valence-electron chi connectivity index (χ4n) is 1.98. The highest BCUT2D eigenvalue weighted by Gasteiger charge is 2.23. The lowest BCUT2D eigenvalue weighted by Crippen LogP contribution is -1.99. The molecule has 3 rings (SSSR count). The second kappa shape index (κ2) is 4.88. The number of carboxylic acid groups (broad SMARTS) is 1. The van der Waals surface area contributed by atoms with Crippen molar-refractivity contribution in [2.75, 3.05) is 0 Å². The number of hydrogen-bond donors (Lipinski definition) is 1. The smallest absolute Gasteiger partial charge is 0.340 e. The highest BCUT2D eigenvalue weighted by atomic mass is 35.5. The van der Waals surface area contributed by atoms with Gasteiger partial charge in [0.1, 0.15) is 10.7 Å². The third kappa shape index (κ3) is 1.97. The normalized spacial score (nSPS) is 11.1. The number of thiazole rings is 1. The van der Waals surface area contributed by atoms with Gasteiger partial charge in [0.05, 0.1) is 15.9 Å². The summed E-state index contributed by atoms with van der Waals surface area (Å²) in [5, 5.41) is 14.1. The van der Waals surface area contributed by atoms with Gasteiger partial charge in [-0.25, -0.2) is 9.78 Å². The molecule has 7 heteroatoms. The number of aromatic carboxylic acids is 1. The maximum Gasteiger partial charge on any atom is 0.340 e. The van der Waals surface area contributed by atoms with Crippen molar-refractivity contribution >= 4 is 39.1 Å². The van der Waals surface area contributed by atoms with E-state index in [0.29, 0.717) is 17.2 Å². The zero-order chi connectivity index (χ0) is 14.3. The Morgan fingerprint density at radius 3 is 2.80 bits per heavy atom. The van der Waals surface area contributed by atoms with Crippen LogP contribution in [0.25, 0.3) is 15.3 Å². The van der Waals surface area contributed by atoms with Crippen LogP contribution in [0.5, 0.6) is 0 Å². The molecule has 0 aliphatic rings. The Bertz CT molecular complexity index is 776. The molecule has 2 aromatic heterocycles. The Morgan fingerprint density at radius 1 is 1.45 bits per heavy atom. The summed E-state index contributed by atoms with van der Waals surface area (Å²) in [7, 11) is 0. The molecule has 3 aromatic rings. The van der Waals surface area contributed by atoms with Crippen molar-refractivity contribution in [2.45, 2.75) is 13.3 Å². The average molecular weight is 308 g/mol. The molecule has 1 N–H and O–H groups in total. The molecule has 0 unspecified atom stereocenters. The number of rotatable bonds is 3. The van der Waals surface area contributed by atoms with Crippen LogP contribution in [0.2, 0.25) is 5.15 Å². The number of carbonyl (C=O) groups is 1. The Kier molecular flexibility index (Phi) is 3.19. The molecule has 5 nitrogen and oxygen atoms in total. The van der Waals surface area contributed by atoms with Crippen LogP contribution in [0.4, 0.5) is 0 Å². The quantitative estimate of drug-likeness (QED) is 0.805. The third-order valence-corrected chi connectivity index (χ3v) is 4.28. The fraction of sp³-hybridized carbons (Fsp3) is 0.154. The van der Waals surface area contributed by atoms with E-state index in [1.54, 1.807) is 0 Å². The van der Waals surface area contributed by atoms with Gasteiger partial charge < -0.3 is 5.11 Å². The second-order valence-electron chi connectivity index (χ2n) is 4.15. The van der Waals surface area contributed by atoms with Crippen molar-refractivity contribution in [3.05, 3.63) is 40.7 Å². The van der Waals surface area contributed by atoms with Crippen LogP contribution in [0, 0.1) is 0 Å². The van der Waals surface area contributed by atoms with Gasteiger partial charge in [-0.1, -0.05) is 42.0 Å². The van der Waals surface area contributed by atoms with E-state index >= 15 is 0 Å². The monoisotopic (exact) mass is 307 g/mol. The van der Waals surface area contributed by atoms with Crippen molar-refractivity contribution in [1.29, 1.82) is 0 Å². The van der Waals surface area contributed by atoms with E-state index in [2.05, 4.69) is 10.1 Å². The van der Waals surface area contributed by atoms with Gasteiger partial charge in [-0.15, -0.1) is 0 Å². The summed E-state index contributed by atoms with van der Waals surface area (Å²) in [5.41, 5.74) is 1.35. The zero-order valence-corrected chi connectivity index (χ0v) is 12.1. The van der Waals surface area contributed by atoms with Crippen molar-refractivity contribution in [3.8, 4) is 5.13 Å². The predicted molar refractivity (Wildman–Crippen MR) is 78.1 cm³/mol. The predicted octanol–water partition coefficient (Wildman–Crippen LogP) is 3.40. The summed E-state index contributed by atoms with van der Waals surface area (Å²) < 4.78 is 2.40. The summed E-state index contributed by atoms with van der Waals surface area (Å²) in [6.45, 7) is 1.84. The molecular weight excluding hydrogens is 298 g/mol. The first-order chi connectivity index (χ1) is 9.61.